The molecule has 0 unspecified atom stereocenters. The lowest BCUT2D eigenvalue weighted by molar-refractivity contribution is 0.103. The van der Waals surface area contributed by atoms with Crippen molar-refractivity contribution in [2.75, 3.05) is 0 Å². The molecule has 2 aromatic carbocycles. The van der Waals surface area contributed by atoms with Gasteiger partial charge in [-0.3, -0.25) is 14.4 Å². The molecule has 0 amide bonds. The van der Waals surface area contributed by atoms with Gasteiger partial charge in [0.2, 0.25) is 17.3 Å². The molecule has 0 aliphatic heterocycles. The van der Waals surface area contributed by atoms with Crippen molar-refractivity contribution in [1.29, 1.82) is 10.5 Å². The fraction of sp³-hybridized carbons (Fsp3) is 0. The van der Waals surface area contributed by atoms with Crippen LogP contribution in [-0.2, 0) is 0 Å². The number of nitriles is 2. The number of rotatable bonds is 0. The Morgan fingerprint density at radius 1 is 0.676 bits per heavy atom. The maximum Gasteiger partial charge on any atom is 0.285 e. The van der Waals surface area contributed by atoms with Crippen LogP contribution in [0.3, 0.4) is 0 Å². The van der Waals surface area contributed by atoms with Gasteiger partial charge in [0.15, 0.2) is 10.8 Å². The number of nitrogens with one attached hydrogen (secondary N) is 1. The quantitative estimate of drug-likeness (QED) is 0.359. The number of aromatic amines is 1. The molecule has 0 saturated carbocycles. The third-order valence-corrected chi connectivity index (χ3v) is 5.54. The summed E-state index contributed by atoms with van der Waals surface area (Å²) in [6.45, 7) is 0. The number of carbonyl (C=O) groups excluding carboxylic acids is 2. The highest BCUT2D eigenvalue weighted by Gasteiger charge is 2.31. The van der Waals surface area contributed by atoms with Crippen LogP contribution in [0.2, 0.25) is 5.15 Å². The van der Waals surface area contributed by atoms with Gasteiger partial charge < -0.3 is 4.98 Å². The topological polar surface area (TPSA) is 153 Å². The summed E-state index contributed by atoms with van der Waals surface area (Å²) in [4.78, 5) is 49.8. The second kappa shape index (κ2) is 7.85. The third-order valence-electron chi connectivity index (χ3n) is 5.28. The highest BCUT2D eigenvalue weighted by atomic mass is 35.5. The number of H-pyrrole nitrogens is 1. The molecule has 1 N–H and O–H groups in total. The number of hydrogen-bond acceptors (Lipinski definition) is 8. The summed E-state index contributed by atoms with van der Waals surface area (Å²) in [5, 5.41) is 17.5. The number of carbonyl (C=O) groups is 2. The zero-order valence-electron chi connectivity index (χ0n) is 17.0. The number of benzene rings is 2. The van der Waals surface area contributed by atoms with Crippen LogP contribution in [0.15, 0.2) is 53.3 Å². The summed E-state index contributed by atoms with van der Waals surface area (Å²) in [7, 11) is 0. The zero-order valence-corrected chi connectivity index (χ0v) is 17.7. The maximum atomic E-state index is 12.0. The Morgan fingerprint density at radius 2 is 1.21 bits per heavy atom. The van der Waals surface area contributed by atoms with Crippen molar-refractivity contribution >= 4 is 23.2 Å². The Kier molecular flexibility index (Phi) is 4.82. The first-order chi connectivity index (χ1) is 16.4. The van der Waals surface area contributed by atoms with Crippen molar-refractivity contribution in [2.45, 2.75) is 0 Å². The Morgan fingerprint density at radius 3 is 1.85 bits per heavy atom. The van der Waals surface area contributed by atoms with Crippen LogP contribution in [0.1, 0.15) is 43.5 Å². The zero-order chi connectivity index (χ0) is 24.0. The Bertz CT molecular complexity index is 1710. The molecule has 9 nitrogen and oxygen atoms in total. The summed E-state index contributed by atoms with van der Waals surface area (Å²) < 4.78 is 0. The van der Waals surface area contributed by atoms with Crippen LogP contribution in [-0.4, -0.2) is 31.5 Å². The van der Waals surface area contributed by atoms with E-state index in [0.717, 1.165) is 0 Å². The van der Waals surface area contributed by atoms with Crippen LogP contribution in [0, 0.1) is 22.7 Å². The first-order valence-corrected chi connectivity index (χ1v) is 10.1. The molecule has 0 saturated heterocycles. The number of aromatic nitrogens is 4. The lowest BCUT2D eigenvalue weighted by Crippen LogP contribution is -2.15. The molecular formula is C24H9ClN6O3. The molecule has 2 aliphatic carbocycles. The third kappa shape index (κ3) is 3.08. The van der Waals surface area contributed by atoms with Crippen molar-refractivity contribution in [3.05, 3.63) is 97.9 Å². The van der Waals surface area contributed by atoms with E-state index in [1.54, 1.807) is 48.5 Å². The molecule has 10 heteroatoms. The maximum absolute atomic E-state index is 12.0. The molecular weight excluding hydrogens is 456 g/mol. The second-order valence-electron chi connectivity index (χ2n) is 7.17. The molecule has 0 atom stereocenters. The summed E-state index contributed by atoms with van der Waals surface area (Å²) in [6.07, 6.45) is 0. The monoisotopic (exact) mass is 464 g/mol. The lowest BCUT2D eigenvalue weighted by atomic mass is 10.1. The van der Waals surface area contributed by atoms with Gasteiger partial charge in [0.1, 0.15) is 29.2 Å². The SMILES string of the molecule is N#Cc1nc2c([nH]c1=O)-c1ccccc1C2=O.N#Cc1nc2c(nc1Cl)-c1ccccc1C2=O. The van der Waals surface area contributed by atoms with Gasteiger partial charge >= 0.3 is 0 Å². The largest absolute Gasteiger partial charge is 0.317 e. The molecule has 2 heterocycles. The first kappa shape index (κ1) is 20.9. The van der Waals surface area contributed by atoms with E-state index < -0.39 is 5.56 Å². The minimum absolute atomic E-state index is 0.0217. The average molecular weight is 465 g/mol. The summed E-state index contributed by atoms with van der Waals surface area (Å²) in [5.41, 5.74) is 2.73. The minimum Gasteiger partial charge on any atom is -0.317 e. The van der Waals surface area contributed by atoms with Gasteiger partial charge in [-0.25, -0.2) is 15.0 Å². The van der Waals surface area contributed by atoms with E-state index >= 15 is 0 Å². The number of fused-ring (bicyclic) bond motifs is 6. The molecule has 2 aromatic heterocycles. The first-order valence-electron chi connectivity index (χ1n) is 9.74. The van der Waals surface area contributed by atoms with Gasteiger partial charge in [0, 0.05) is 22.3 Å². The van der Waals surface area contributed by atoms with E-state index in [0.29, 0.717) is 33.6 Å². The predicted molar refractivity (Wildman–Crippen MR) is 119 cm³/mol. The van der Waals surface area contributed by atoms with Gasteiger partial charge in [0.05, 0.1) is 5.69 Å². The summed E-state index contributed by atoms with van der Waals surface area (Å²) >= 11 is 5.81. The molecule has 0 bridgehead atoms. The van der Waals surface area contributed by atoms with Crippen molar-refractivity contribution in [3.63, 3.8) is 0 Å². The van der Waals surface area contributed by atoms with E-state index in [9.17, 15) is 14.4 Å². The van der Waals surface area contributed by atoms with Crippen molar-refractivity contribution in [2.24, 2.45) is 0 Å². The number of nitrogens with zero attached hydrogens (tertiary/aromatic N) is 5. The van der Waals surface area contributed by atoms with Crippen LogP contribution in [0.5, 0.6) is 0 Å². The van der Waals surface area contributed by atoms with Gasteiger partial charge in [-0.05, 0) is 0 Å². The number of hydrogen-bond donors (Lipinski definition) is 1. The number of ketones is 2. The molecule has 0 spiro atoms. The Hall–Kier alpha value is -4.99. The second-order valence-corrected chi connectivity index (χ2v) is 7.53. The predicted octanol–water partition coefficient (Wildman–Crippen LogP) is 3.07. The van der Waals surface area contributed by atoms with Gasteiger partial charge in [0.25, 0.3) is 5.56 Å². The standard InChI is InChI=1S/C12H4ClN3O.C12H5N3O2/c13-12-8(5-14)15-10-9(16-12)6-3-1-2-4-7(6)11(10)17;13-5-8-12(17)15-9-6-3-1-2-4-7(6)11(16)10(9)14-8/h1-4H;1-4H,(H,15,17). The van der Waals surface area contributed by atoms with Crippen LogP contribution in [0.4, 0.5) is 0 Å². The van der Waals surface area contributed by atoms with Crippen molar-refractivity contribution in [3.8, 4) is 34.7 Å². The minimum atomic E-state index is -0.573. The van der Waals surface area contributed by atoms with E-state index in [4.69, 9.17) is 22.1 Å². The molecule has 34 heavy (non-hydrogen) atoms. The van der Waals surface area contributed by atoms with Crippen molar-refractivity contribution < 1.29 is 9.59 Å². The molecule has 6 rings (SSSR count). The van der Waals surface area contributed by atoms with Crippen LogP contribution >= 0.6 is 11.6 Å². The van der Waals surface area contributed by atoms with Gasteiger partial charge in [-0.2, -0.15) is 10.5 Å². The fourth-order valence-corrected chi connectivity index (χ4v) is 3.93. The molecule has 2 aliphatic rings. The van der Waals surface area contributed by atoms with E-state index in [1.165, 1.54) is 0 Å². The van der Waals surface area contributed by atoms with E-state index in [-0.39, 0.29) is 39.5 Å². The normalized spacial score (nSPS) is 11.9. The highest BCUT2D eigenvalue weighted by Crippen LogP contribution is 2.35. The summed E-state index contributed by atoms with van der Waals surface area (Å²) in [5.74, 6) is -0.473. The smallest absolute Gasteiger partial charge is 0.285 e. The molecule has 0 fully saturated rings. The lowest BCUT2D eigenvalue weighted by Gasteiger charge is -1.99. The van der Waals surface area contributed by atoms with Gasteiger partial charge in [-0.15, -0.1) is 0 Å². The Balaban J connectivity index is 0.000000142. The fourth-order valence-electron chi connectivity index (χ4n) is 3.76. The van der Waals surface area contributed by atoms with E-state index in [2.05, 4.69) is 19.9 Å². The van der Waals surface area contributed by atoms with Crippen molar-refractivity contribution in [1.82, 2.24) is 19.9 Å². The Labute approximate surface area is 196 Å². The summed E-state index contributed by atoms with van der Waals surface area (Å²) in [6, 6.07) is 17.5. The molecule has 4 aromatic rings. The molecule has 0 radical (unpaired) electrons. The van der Waals surface area contributed by atoms with E-state index in [1.807, 2.05) is 12.1 Å². The van der Waals surface area contributed by atoms with Crippen LogP contribution < -0.4 is 5.56 Å². The molecule has 160 valence electrons. The number of halogens is 1. The van der Waals surface area contributed by atoms with Gasteiger partial charge in [-0.1, -0.05) is 60.1 Å². The average Bonchev–Trinajstić information content (AvgIpc) is 3.29. The highest BCUT2D eigenvalue weighted by molar-refractivity contribution is 6.31. The van der Waals surface area contributed by atoms with Crippen LogP contribution in [0.25, 0.3) is 22.5 Å².